The van der Waals surface area contributed by atoms with Gasteiger partial charge in [-0.25, -0.2) is 13.2 Å². The Morgan fingerprint density at radius 2 is 1.97 bits per heavy atom. The second-order valence-electron chi connectivity index (χ2n) is 9.59. The number of rotatable bonds is 3. The Labute approximate surface area is 176 Å². The molecule has 2 amide bonds. The van der Waals surface area contributed by atoms with Crippen molar-refractivity contribution in [3.8, 4) is 0 Å². The van der Waals surface area contributed by atoms with Crippen molar-refractivity contribution in [3.63, 3.8) is 0 Å². The molecule has 2 aliphatic heterocycles. The van der Waals surface area contributed by atoms with Gasteiger partial charge in [0.2, 0.25) is 0 Å². The highest BCUT2D eigenvalue weighted by atomic mass is 32.2. The van der Waals surface area contributed by atoms with Gasteiger partial charge in [0.1, 0.15) is 12.1 Å². The number of carbonyl (C=O) groups excluding carboxylic acids is 2. The number of aliphatic imine (C=N–C) groups is 1. The van der Waals surface area contributed by atoms with Crippen molar-refractivity contribution in [1.29, 1.82) is 0 Å². The molecule has 2 bridgehead atoms. The average molecular weight is 444 g/mol. The predicted octanol–water partition coefficient (Wildman–Crippen LogP) is 1.80. The highest BCUT2D eigenvalue weighted by Gasteiger charge is 2.54. The summed E-state index contributed by atoms with van der Waals surface area (Å²) < 4.78 is 29.5. The largest absolute Gasteiger partial charge is 0.444 e. The van der Waals surface area contributed by atoms with Crippen molar-refractivity contribution in [2.24, 2.45) is 16.8 Å². The van der Waals surface area contributed by atoms with Crippen LogP contribution >= 0.6 is 11.8 Å². The van der Waals surface area contributed by atoms with Crippen LogP contribution in [0.25, 0.3) is 0 Å². The molecule has 2 heterocycles. The number of hydrogen-bond acceptors (Lipinski definition) is 6. The van der Waals surface area contributed by atoms with Gasteiger partial charge in [-0.2, -0.15) is 4.99 Å². The molecule has 0 aromatic heterocycles. The number of thioether (sulfide) groups is 1. The third kappa shape index (κ3) is 4.57. The molecule has 0 unspecified atom stereocenters. The zero-order valence-corrected chi connectivity index (χ0v) is 18.7. The number of hydrogen-bond donors (Lipinski definition) is 1. The highest BCUT2D eigenvalue weighted by Crippen LogP contribution is 2.51. The van der Waals surface area contributed by atoms with Gasteiger partial charge in [0.05, 0.1) is 17.5 Å². The van der Waals surface area contributed by atoms with E-state index in [2.05, 4.69) is 15.2 Å². The molecule has 2 saturated carbocycles. The Balaban J connectivity index is 1.46. The van der Waals surface area contributed by atoms with Crippen LogP contribution in [0.3, 0.4) is 0 Å². The minimum absolute atomic E-state index is 0.0653. The van der Waals surface area contributed by atoms with Crippen molar-refractivity contribution in [2.75, 3.05) is 18.1 Å². The van der Waals surface area contributed by atoms with Gasteiger partial charge < -0.3 is 15.0 Å². The molecule has 4 rings (SSSR count). The molecule has 0 spiro atoms. The topological polar surface area (TPSA) is 105 Å². The van der Waals surface area contributed by atoms with Crippen LogP contribution in [0.4, 0.5) is 4.79 Å². The molecular weight excluding hydrogens is 414 g/mol. The van der Waals surface area contributed by atoms with Crippen molar-refractivity contribution in [1.82, 2.24) is 10.2 Å². The van der Waals surface area contributed by atoms with E-state index in [0.29, 0.717) is 17.0 Å². The Bertz CT molecular complexity index is 835. The maximum Gasteiger partial charge on any atom is 0.408 e. The van der Waals surface area contributed by atoms with Crippen LogP contribution < -0.4 is 5.32 Å². The van der Waals surface area contributed by atoms with Gasteiger partial charge in [-0.15, -0.1) is 0 Å². The SMILES string of the molecule is CC(C)(C)OC(=O)NCC(=O)N=C1S[C@H]2CS(=O)(=O)C[C@H]2N1[C@@H]1C[C@@H]2CC[C@@H]1C2. The fraction of sp³-hybridized carbons (Fsp3) is 0.842. The molecule has 4 aliphatic rings. The van der Waals surface area contributed by atoms with E-state index in [1.807, 2.05) is 0 Å². The van der Waals surface area contributed by atoms with Crippen LogP contribution in [0.1, 0.15) is 46.5 Å². The summed E-state index contributed by atoms with van der Waals surface area (Å²) in [7, 11) is -3.05. The lowest BCUT2D eigenvalue weighted by Gasteiger charge is -2.36. The number of amides is 2. The van der Waals surface area contributed by atoms with Crippen LogP contribution in [0, 0.1) is 11.8 Å². The van der Waals surface area contributed by atoms with E-state index < -0.39 is 27.4 Å². The smallest absolute Gasteiger partial charge is 0.408 e. The lowest BCUT2D eigenvalue weighted by atomic mass is 9.93. The molecule has 1 N–H and O–H groups in total. The number of sulfone groups is 1. The number of amidine groups is 1. The van der Waals surface area contributed by atoms with Crippen LogP contribution in [-0.4, -0.2) is 71.5 Å². The molecule has 0 aromatic carbocycles. The first kappa shape index (κ1) is 21.0. The fourth-order valence-electron chi connectivity index (χ4n) is 5.14. The third-order valence-corrected chi connectivity index (χ3v) is 9.39. The van der Waals surface area contributed by atoms with E-state index in [4.69, 9.17) is 4.74 Å². The zero-order chi connectivity index (χ0) is 21.0. The fourth-order valence-corrected chi connectivity index (χ4v) is 9.13. The molecule has 162 valence electrons. The lowest BCUT2D eigenvalue weighted by Crippen LogP contribution is -2.47. The quantitative estimate of drug-likeness (QED) is 0.709. The summed E-state index contributed by atoms with van der Waals surface area (Å²) in [6.45, 7) is 5.02. The van der Waals surface area contributed by atoms with Gasteiger partial charge in [-0.05, 0) is 51.9 Å². The normalized spacial score (nSPS) is 36.4. The van der Waals surface area contributed by atoms with E-state index in [-0.39, 0.29) is 35.4 Å². The summed E-state index contributed by atoms with van der Waals surface area (Å²) in [6, 6.07) is 0.176. The molecule has 5 atom stereocenters. The Kier molecular flexibility index (Phi) is 5.38. The van der Waals surface area contributed by atoms with Gasteiger partial charge in [0.25, 0.3) is 5.91 Å². The molecule has 8 nitrogen and oxygen atoms in total. The minimum atomic E-state index is -3.05. The Morgan fingerprint density at radius 3 is 2.59 bits per heavy atom. The Morgan fingerprint density at radius 1 is 1.21 bits per heavy atom. The van der Waals surface area contributed by atoms with Crippen molar-refractivity contribution >= 4 is 38.8 Å². The van der Waals surface area contributed by atoms with Gasteiger partial charge in [0, 0.05) is 11.3 Å². The second-order valence-corrected chi connectivity index (χ2v) is 13.0. The second kappa shape index (κ2) is 7.44. The maximum atomic E-state index is 12.4. The highest BCUT2D eigenvalue weighted by molar-refractivity contribution is 8.15. The van der Waals surface area contributed by atoms with Crippen molar-refractivity contribution < 1.29 is 22.7 Å². The summed E-state index contributed by atoms with van der Waals surface area (Å²) in [6.07, 6.45) is 4.01. The van der Waals surface area contributed by atoms with Crippen LogP contribution in [-0.2, 0) is 19.4 Å². The number of nitrogens with zero attached hydrogens (tertiary/aromatic N) is 2. The zero-order valence-electron chi connectivity index (χ0n) is 17.1. The van der Waals surface area contributed by atoms with Crippen LogP contribution in [0.5, 0.6) is 0 Å². The van der Waals surface area contributed by atoms with Gasteiger partial charge in [-0.1, -0.05) is 18.2 Å². The lowest BCUT2D eigenvalue weighted by molar-refractivity contribution is -0.117. The molecule has 2 saturated heterocycles. The molecule has 0 aromatic rings. The molecule has 29 heavy (non-hydrogen) atoms. The number of carbonyl (C=O) groups is 2. The van der Waals surface area contributed by atoms with Gasteiger partial charge in [0.15, 0.2) is 15.0 Å². The van der Waals surface area contributed by atoms with E-state index in [1.165, 1.54) is 31.0 Å². The summed E-state index contributed by atoms with van der Waals surface area (Å²) in [5.41, 5.74) is -0.637. The molecular formula is C19H29N3O5S2. The molecule has 2 aliphatic carbocycles. The van der Waals surface area contributed by atoms with Crippen molar-refractivity contribution in [2.45, 2.75) is 69.4 Å². The predicted molar refractivity (Wildman–Crippen MR) is 112 cm³/mol. The number of ether oxygens (including phenoxy) is 1. The third-order valence-electron chi connectivity index (χ3n) is 6.17. The summed E-state index contributed by atoms with van der Waals surface area (Å²) in [4.78, 5) is 30.6. The minimum Gasteiger partial charge on any atom is -0.444 e. The monoisotopic (exact) mass is 443 g/mol. The van der Waals surface area contributed by atoms with E-state index in [0.717, 1.165) is 6.42 Å². The maximum absolute atomic E-state index is 12.4. The number of nitrogens with one attached hydrogen (secondary N) is 1. The molecule has 4 fully saturated rings. The first-order chi connectivity index (χ1) is 13.5. The van der Waals surface area contributed by atoms with Crippen molar-refractivity contribution in [3.05, 3.63) is 0 Å². The molecule has 0 radical (unpaired) electrons. The average Bonchev–Trinajstić information content (AvgIpc) is 3.30. The summed E-state index contributed by atoms with van der Waals surface area (Å²) in [5.74, 6) is 1.10. The van der Waals surface area contributed by atoms with Gasteiger partial charge in [-0.3, -0.25) is 4.79 Å². The van der Waals surface area contributed by atoms with Crippen LogP contribution in [0.15, 0.2) is 4.99 Å². The van der Waals surface area contributed by atoms with E-state index in [9.17, 15) is 18.0 Å². The summed E-state index contributed by atoms with van der Waals surface area (Å²) >= 11 is 1.41. The first-order valence-corrected chi connectivity index (χ1v) is 12.9. The van der Waals surface area contributed by atoms with Crippen LogP contribution in [0.2, 0.25) is 0 Å². The Hall–Kier alpha value is -1.29. The number of alkyl carbamates (subject to hydrolysis) is 1. The standard InChI is InChI=1S/C19H29N3O5S2/c1-19(2,3)27-18(24)20-8-16(23)21-17-22(13-7-11-4-5-12(13)6-11)14-9-29(25,26)10-15(14)28-17/h11-15H,4-10H2,1-3H3,(H,20,24)/t11-,12-,13-,14-,15+/m1/s1. The molecule has 10 heteroatoms. The van der Waals surface area contributed by atoms with E-state index in [1.54, 1.807) is 20.8 Å². The number of fused-ring (bicyclic) bond motifs is 3. The van der Waals surface area contributed by atoms with E-state index >= 15 is 0 Å². The van der Waals surface area contributed by atoms with Gasteiger partial charge >= 0.3 is 6.09 Å². The summed E-state index contributed by atoms with van der Waals surface area (Å²) in [5, 5.41) is 3.01. The first-order valence-electron chi connectivity index (χ1n) is 10.2.